The zero-order valence-corrected chi connectivity index (χ0v) is 16.7. The van der Waals surface area contributed by atoms with Crippen LogP contribution < -0.4 is 4.90 Å². The smallest absolute Gasteiger partial charge is 0.227 e. The van der Waals surface area contributed by atoms with E-state index in [1.165, 1.54) is 11.0 Å². The van der Waals surface area contributed by atoms with E-state index in [0.29, 0.717) is 39.2 Å². The molecule has 0 N–H and O–H groups in total. The Morgan fingerprint density at radius 2 is 1.76 bits per heavy atom. The molecule has 0 saturated carbocycles. The molecule has 25 heavy (non-hydrogen) atoms. The van der Waals surface area contributed by atoms with E-state index in [2.05, 4.69) is 15.9 Å². The molecule has 2 nitrogen and oxygen atoms in total. The van der Waals surface area contributed by atoms with Crippen LogP contribution in [0.4, 0.5) is 10.1 Å². The minimum atomic E-state index is -0.400. The first-order valence-corrected chi connectivity index (χ1v) is 9.38. The maximum atomic E-state index is 14.0. The van der Waals surface area contributed by atoms with E-state index in [0.717, 1.165) is 10.0 Å². The van der Waals surface area contributed by atoms with E-state index >= 15 is 0 Å². The maximum Gasteiger partial charge on any atom is 0.227 e. The number of carbonyl (C=O) groups excluding carboxylic acids is 1. The molecule has 7 heteroatoms. The lowest BCUT2D eigenvalue weighted by atomic mass is 10.0. The summed E-state index contributed by atoms with van der Waals surface area (Å²) in [4.78, 5) is 13.9. The molecule has 130 valence electrons. The molecule has 0 radical (unpaired) electrons. The van der Waals surface area contributed by atoms with Gasteiger partial charge in [-0.2, -0.15) is 0 Å². The number of anilines is 1. The molecule has 0 atom stereocenters. The van der Waals surface area contributed by atoms with E-state index in [-0.39, 0.29) is 12.5 Å². The minimum Gasteiger partial charge on any atom is -0.305 e. The predicted octanol–water partition coefficient (Wildman–Crippen LogP) is 6.76. The molecule has 0 aliphatic carbocycles. The average Bonchev–Trinajstić information content (AvgIpc) is 2.53. The zero-order valence-electron chi connectivity index (χ0n) is 12.8. The minimum absolute atomic E-state index is 0.0806. The van der Waals surface area contributed by atoms with E-state index in [1.807, 2.05) is 0 Å². The van der Waals surface area contributed by atoms with Crippen molar-refractivity contribution in [2.24, 2.45) is 0 Å². The van der Waals surface area contributed by atoms with Gasteiger partial charge in [0, 0.05) is 23.0 Å². The number of amides is 1. The average molecular weight is 464 g/mol. The molecule has 1 aliphatic rings. The van der Waals surface area contributed by atoms with Gasteiger partial charge in [0.15, 0.2) is 0 Å². The van der Waals surface area contributed by atoms with Crippen molar-refractivity contribution >= 4 is 68.4 Å². The Balaban J connectivity index is 1.98. The van der Waals surface area contributed by atoms with Gasteiger partial charge >= 0.3 is 0 Å². The second-order valence-electron chi connectivity index (χ2n) is 5.64. The summed E-state index contributed by atoms with van der Waals surface area (Å²) >= 11 is 22.0. The lowest BCUT2D eigenvalue weighted by Crippen LogP contribution is -2.37. The topological polar surface area (TPSA) is 20.3 Å². The standard InChI is InChI=1S/C18H12BrCl3FNO/c19-11-7-14(21)18(15(22)8-11)24-9-10(4-5-17(24)25)6-12-13(20)2-1-3-16(12)23/h1-3,6-8H,4-5,9H2/b10-6-. The Hall–Kier alpha value is -1.07. The van der Waals surface area contributed by atoms with Crippen LogP contribution in [0.25, 0.3) is 6.08 Å². The summed E-state index contributed by atoms with van der Waals surface area (Å²) in [6.07, 6.45) is 2.52. The van der Waals surface area contributed by atoms with Gasteiger partial charge in [0.1, 0.15) is 5.82 Å². The molecule has 1 heterocycles. The van der Waals surface area contributed by atoms with Crippen LogP contribution in [0.3, 0.4) is 0 Å². The maximum absolute atomic E-state index is 14.0. The summed E-state index contributed by atoms with van der Waals surface area (Å²) in [5.41, 5.74) is 1.66. The second kappa shape index (κ2) is 7.67. The number of halogens is 5. The Labute approximate surface area is 168 Å². The number of hydrogen-bond donors (Lipinski definition) is 0. The number of hydrogen-bond acceptors (Lipinski definition) is 1. The Bertz CT molecular complexity index is 841. The molecule has 0 aromatic heterocycles. The van der Waals surface area contributed by atoms with Crippen LogP contribution in [0.5, 0.6) is 0 Å². The molecule has 2 aromatic carbocycles. The van der Waals surface area contributed by atoms with E-state index in [9.17, 15) is 9.18 Å². The first-order valence-electron chi connectivity index (χ1n) is 7.45. The molecular formula is C18H12BrCl3FNO. The van der Waals surface area contributed by atoms with Crippen LogP contribution in [-0.4, -0.2) is 12.5 Å². The highest BCUT2D eigenvalue weighted by Crippen LogP contribution is 2.39. The normalized spacial score (nSPS) is 16.6. The number of benzene rings is 2. The van der Waals surface area contributed by atoms with Crippen molar-refractivity contribution in [3.05, 3.63) is 66.8 Å². The molecule has 1 amide bonds. The van der Waals surface area contributed by atoms with E-state index in [4.69, 9.17) is 34.8 Å². The highest BCUT2D eigenvalue weighted by Gasteiger charge is 2.27. The summed E-state index contributed by atoms with van der Waals surface area (Å²) < 4.78 is 14.7. The summed E-state index contributed by atoms with van der Waals surface area (Å²) in [5, 5.41) is 1.08. The van der Waals surface area contributed by atoms with Crippen molar-refractivity contribution in [2.75, 3.05) is 11.4 Å². The fourth-order valence-electron chi connectivity index (χ4n) is 2.74. The molecule has 1 fully saturated rings. The van der Waals surface area contributed by atoms with Crippen molar-refractivity contribution in [3.8, 4) is 0 Å². The zero-order chi connectivity index (χ0) is 18.1. The fourth-order valence-corrected chi connectivity index (χ4v) is 4.37. The van der Waals surface area contributed by atoms with Crippen molar-refractivity contribution < 1.29 is 9.18 Å². The summed E-state index contributed by atoms with van der Waals surface area (Å²) in [5.74, 6) is -0.481. The van der Waals surface area contributed by atoms with E-state index < -0.39 is 5.82 Å². The van der Waals surface area contributed by atoms with Crippen molar-refractivity contribution in [2.45, 2.75) is 12.8 Å². The molecular weight excluding hydrogens is 451 g/mol. The molecule has 1 saturated heterocycles. The van der Waals surface area contributed by atoms with Crippen LogP contribution in [0.2, 0.25) is 15.1 Å². The highest BCUT2D eigenvalue weighted by molar-refractivity contribution is 9.10. The van der Waals surface area contributed by atoms with Gasteiger partial charge in [-0.25, -0.2) is 4.39 Å². The van der Waals surface area contributed by atoms with Gasteiger partial charge in [0.2, 0.25) is 5.91 Å². The summed E-state index contributed by atoms with van der Waals surface area (Å²) in [7, 11) is 0. The Morgan fingerprint density at radius 1 is 1.08 bits per heavy atom. The highest BCUT2D eigenvalue weighted by atomic mass is 79.9. The summed E-state index contributed by atoms with van der Waals surface area (Å²) in [6, 6.07) is 7.90. The third-order valence-corrected chi connectivity index (χ3v) is 5.29. The van der Waals surface area contributed by atoms with Crippen molar-refractivity contribution in [3.63, 3.8) is 0 Å². The third kappa shape index (κ3) is 4.03. The molecule has 3 rings (SSSR count). The SMILES string of the molecule is O=C1CC/C(=C/c2c(F)cccc2Cl)CN1c1c(Cl)cc(Br)cc1Cl. The molecule has 2 aromatic rings. The van der Waals surface area contributed by atoms with Gasteiger partial charge in [-0.15, -0.1) is 0 Å². The Kier molecular flexibility index (Phi) is 5.74. The predicted molar refractivity (Wildman–Crippen MR) is 105 cm³/mol. The van der Waals surface area contributed by atoms with Gasteiger partial charge in [0.25, 0.3) is 0 Å². The molecule has 0 spiro atoms. The molecule has 0 unspecified atom stereocenters. The van der Waals surface area contributed by atoms with Crippen LogP contribution in [0.15, 0.2) is 40.4 Å². The van der Waals surface area contributed by atoms with Gasteiger partial charge < -0.3 is 4.90 Å². The van der Waals surface area contributed by atoms with Crippen molar-refractivity contribution in [1.82, 2.24) is 0 Å². The summed E-state index contributed by atoms with van der Waals surface area (Å²) in [6.45, 7) is 0.282. The lowest BCUT2D eigenvalue weighted by molar-refractivity contribution is -0.119. The molecule has 0 bridgehead atoms. The van der Waals surface area contributed by atoms with Crippen LogP contribution in [-0.2, 0) is 4.79 Å². The van der Waals surface area contributed by atoms with Gasteiger partial charge in [-0.3, -0.25) is 4.79 Å². The first-order chi connectivity index (χ1) is 11.9. The number of nitrogens with zero attached hydrogens (tertiary/aromatic N) is 1. The first kappa shape index (κ1) is 18.7. The number of rotatable bonds is 2. The van der Waals surface area contributed by atoms with Crippen LogP contribution in [0.1, 0.15) is 18.4 Å². The quantitative estimate of drug-likeness (QED) is 0.482. The van der Waals surface area contributed by atoms with Crippen molar-refractivity contribution in [1.29, 1.82) is 0 Å². The van der Waals surface area contributed by atoms with Crippen LogP contribution >= 0.6 is 50.7 Å². The lowest BCUT2D eigenvalue weighted by Gasteiger charge is -2.30. The van der Waals surface area contributed by atoms with Gasteiger partial charge in [-0.05, 0) is 42.3 Å². The monoisotopic (exact) mass is 461 g/mol. The van der Waals surface area contributed by atoms with Crippen LogP contribution in [0, 0.1) is 5.82 Å². The fraction of sp³-hybridized carbons (Fsp3) is 0.167. The van der Waals surface area contributed by atoms with E-state index in [1.54, 1.807) is 30.3 Å². The van der Waals surface area contributed by atoms with Gasteiger partial charge in [-0.1, -0.05) is 56.8 Å². The molecule has 1 aliphatic heterocycles. The van der Waals surface area contributed by atoms with Gasteiger partial charge in [0.05, 0.1) is 20.8 Å². The largest absolute Gasteiger partial charge is 0.305 e. The second-order valence-corrected chi connectivity index (χ2v) is 7.77. The number of carbonyl (C=O) groups is 1. The number of piperidine rings is 1. The Morgan fingerprint density at radius 3 is 2.40 bits per heavy atom. The third-order valence-electron chi connectivity index (χ3n) is 3.92.